The average Bonchev–Trinajstić information content (AvgIpc) is 2.75. The summed E-state index contributed by atoms with van der Waals surface area (Å²) < 4.78 is 19.6. The van der Waals surface area contributed by atoms with Crippen molar-refractivity contribution in [3.63, 3.8) is 0 Å². The predicted molar refractivity (Wildman–Crippen MR) is 108 cm³/mol. The molecule has 3 rings (SSSR count). The first-order valence-electron chi connectivity index (χ1n) is 9.09. The minimum Gasteiger partial charge on any atom is -0.494 e. The van der Waals surface area contributed by atoms with E-state index in [0.717, 1.165) is 16.9 Å². The Morgan fingerprint density at radius 1 is 1.10 bits per heavy atom. The normalized spacial score (nSPS) is 10.5. The van der Waals surface area contributed by atoms with Gasteiger partial charge in [0.15, 0.2) is 11.6 Å². The number of anilines is 2. The molecule has 29 heavy (non-hydrogen) atoms. The highest BCUT2D eigenvalue weighted by Crippen LogP contribution is 2.24. The van der Waals surface area contributed by atoms with Gasteiger partial charge in [0.25, 0.3) is 5.91 Å². The number of nitrogens with one attached hydrogen (secondary N) is 2. The number of benzene rings is 1. The van der Waals surface area contributed by atoms with E-state index in [1.165, 1.54) is 26.3 Å². The van der Waals surface area contributed by atoms with Crippen molar-refractivity contribution in [2.75, 3.05) is 19.5 Å². The molecule has 0 aliphatic rings. The fourth-order valence-electron chi connectivity index (χ4n) is 2.76. The Labute approximate surface area is 168 Å². The van der Waals surface area contributed by atoms with Gasteiger partial charge in [-0.2, -0.15) is 0 Å². The van der Waals surface area contributed by atoms with E-state index in [0.29, 0.717) is 29.9 Å². The van der Waals surface area contributed by atoms with Crippen LogP contribution in [0.2, 0.25) is 0 Å². The molecule has 0 atom stereocenters. The lowest BCUT2D eigenvalue weighted by Gasteiger charge is -2.11. The third-order valence-electron chi connectivity index (χ3n) is 4.38. The number of carbonyl (C=O) groups excluding carboxylic acids is 1. The van der Waals surface area contributed by atoms with Gasteiger partial charge in [-0.1, -0.05) is 0 Å². The second-order valence-electron chi connectivity index (χ2n) is 6.46. The first kappa shape index (κ1) is 20.2. The van der Waals surface area contributed by atoms with E-state index >= 15 is 0 Å². The number of aryl methyl sites for hydroxylation is 3. The SMILES string of the molecule is CNC(=O)c1cc(CCc2cnc(Nc3ccc(C)nc3)nc2)c(F)c(OC)c1. The summed E-state index contributed by atoms with van der Waals surface area (Å²) >= 11 is 0. The van der Waals surface area contributed by atoms with E-state index in [2.05, 4.69) is 25.6 Å². The highest BCUT2D eigenvalue weighted by Gasteiger charge is 2.15. The number of halogens is 1. The largest absolute Gasteiger partial charge is 0.494 e. The van der Waals surface area contributed by atoms with Crippen molar-refractivity contribution in [3.8, 4) is 5.75 Å². The number of amides is 1. The van der Waals surface area contributed by atoms with Crippen molar-refractivity contribution in [1.29, 1.82) is 0 Å². The Balaban J connectivity index is 1.69. The minimum atomic E-state index is -0.466. The first-order chi connectivity index (χ1) is 14.0. The molecule has 7 nitrogen and oxygen atoms in total. The molecule has 2 N–H and O–H groups in total. The van der Waals surface area contributed by atoms with E-state index < -0.39 is 5.82 Å². The summed E-state index contributed by atoms with van der Waals surface area (Å²) in [5.41, 5.74) is 3.32. The summed E-state index contributed by atoms with van der Waals surface area (Å²) in [6, 6.07) is 6.72. The lowest BCUT2D eigenvalue weighted by Crippen LogP contribution is -2.18. The van der Waals surface area contributed by atoms with Crippen LogP contribution in [-0.2, 0) is 12.8 Å². The van der Waals surface area contributed by atoms with Gasteiger partial charge in [0.05, 0.1) is 19.0 Å². The van der Waals surface area contributed by atoms with Gasteiger partial charge in [0.2, 0.25) is 5.95 Å². The lowest BCUT2D eigenvalue weighted by molar-refractivity contribution is 0.0962. The molecule has 0 aliphatic heterocycles. The quantitative estimate of drug-likeness (QED) is 0.639. The molecule has 0 spiro atoms. The Morgan fingerprint density at radius 2 is 1.86 bits per heavy atom. The maximum absolute atomic E-state index is 14.6. The maximum Gasteiger partial charge on any atom is 0.251 e. The monoisotopic (exact) mass is 395 g/mol. The second-order valence-corrected chi connectivity index (χ2v) is 6.46. The minimum absolute atomic E-state index is 0.0450. The summed E-state index contributed by atoms with van der Waals surface area (Å²) in [4.78, 5) is 24.7. The van der Waals surface area contributed by atoms with Gasteiger partial charge < -0.3 is 15.4 Å². The fraction of sp³-hybridized carbons (Fsp3) is 0.238. The van der Waals surface area contributed by atoms with Gasteiger partial charge in [0.1, 0.15) is 0 Å². The van der Waals surface area contributed by atoms with Crippen molar-refractivity contribution in [2.24, 2.45) is 0 Å². The summed E-state index contributed by atoms with van der Waals surface area (Å²) in [5, 5.41) is 5.61. The number of aromatic nitrogens is 3. The Morgan fingerprint density at radius 3 is 2.48 bits per heavy atom. The zero-order valence-electron chi connectivity index (χ0n) is 16.5. The third kappa shape index (κ3) is 5.04. The topological polar surface area (TPSA) is 89.0 Å². The lowest BCUT2D eigenvalue weighted by atomic mass is 10.0. The maximum atomic E-state index is 14.6. The van der Waals surface area contributed by atoms with Gasteiger partial charge >= 0.3 is 0 Å². The van der Waals surface area contributed by atoms with Crippen molar-refractivity contribution in [2.45, 2.75) is 19.8 Å². The number of hydrogen-bond donors (Lipinski definition) is 2. The summed E-state index contributed by atoms with van der Waals surface area (Å²) in [7, 11) is 2.90. The number of nitrogens with zero attached hydrogens (tertiary/aromatic N) is 3. The van der Waals surface area contributed by atoms with E-state index in [1.54, 1.807) is 18.6 Å². The van der Waals surface area contributed by atoms with Crippen LogP contribution in [0.25, 0.3) is 0 Å². The van der Waals surface area contributed by atoms with Gasteiger partial charge in [-0.15, -0.1) is 0 Å². The van der Waals surface area contributed by atoms with Crippen LogP contribution in [0.5, 0.6) is 5.75 Å². The summed E-state index contributed by atoms with van der Waals surface area (Å²) in [6.07, 6.45) is 5.99. The van der Waals surface area contributed by atoms with Gasteiger partial charge in [0, 0.05) is 30.7 Å². The smallest absolute Gasteiger partial charge is 0.251 e. The van der Waals surface area contributed by atoms with Gasteiger partial charge in [-0.25, -0.2) is 14.4 Å². The molecule has 0 aliphatic carbocycles. The fourth-order valence-corrected chi connectivity index (χ4v) is 2.76. The Bertz CT molecular complexity index is 991. The van der Waals surface area contributed by atoms with E-state index in [1.807, 2.05) is 19.1 Å². The summed E-state index contributed by atoms with van der Waals surface area (Å²) in [5.74, 6) is -0.266. The molecule has 2 aromatic heterocycles. The molecule has 2 heterocycles. The first-order valence-corrected chi connectivity index (χ1v) is 9.09. The number of pyridine rings is 1. The molecular weight excluding hydrogens is 373 g/mol. The van der Waals surface area contributed by atoms with Gasteiger partial charge in [-0.3, -0.25) is 9.78 Å². The Kier molecular flexibility index (Phi) is 6.33. The zero-order chi connectivity index (χ0) is 20.8. The molecule has 0 bridgehead atoms. The molecule has 150 valence electrons. The van der Waals surface area contributed by atoms with Crippen molar-refractivity contribution in [3.05, 3.63) is 71.1 Å². The molecule has 0 saturated carbocycles. The average molecular weight is 395 g/mol. The number of hydrogen-bond acceptors (Lipinski definition) is 6. The number of methoxy groups -OCH3 is 1. The number of rotatable bonds is 7. The molecule has 1 amide bonds. The van der Waals surface area contributed by atoms with Crippen molar-refractivity contribution >= 4 is 17.5 Å². The van der Waals surface area contributed by atoms with E-state index in [9.17, 15) is 9.18 Å². The van der Waals surface area contributed by atoms with Crippen LogP contribution in [0.15, 0.2) is 42.9 Å². The molecule has 0 radical (unpaired) electrons. The number of carbonyl (C=O) groups is 1. The zero-order valence-corrected chi connectivity index (χ0v) is 16.5. The van der Waals surface area contributed by atoms with Crippen LogP contribution in [-0.4, -0.2) is 35.0 Å². The highest BCUT2D eigenvalue weighted by molar-refractivity contribution is 5.94. The second kappa shape index (κ2) is 9.09. The standard InChI is InChI=1S/C21H22FN5O2/c1-13-4-7-17(12-24-13)27-21-25-10-14(11-26-21)5-6-15-8-16(20(28)23-2)9-18(29-3)19(15)22/h4,7-12H,5-6H2,1-3H3,(H,23,28)(H,25,26,27). The van der Waals surface area contributed by atoms with E-state index in [-0.39, 0.29) is 11.7 Å². The molecule has 0 unspecified atom stereocenters. The van der Waals surface area contributed by atoms with E-state index in [4.69, 9.17) is 4.74 Å². The van der Waals surface area contributed by atoms with Crippen LogP contribution in [0, 0.1) is 12.7 Å². The van der Waals surface area contributed by atoms with Crippen LogP contribution in [0.1, 0.15) is 27.2 Å². The predicted octanol–water partition coefficient (Wildman–Crippen LogP) is 3.22. The van der Waals surface area contributed by atoms with Crippen LogP contribution in [0.4, 0.5) is 16.0 Å². The Hall–Kier alpha value is -3.55. The van der Waals surface area contributed by atoms with Crippen LogP contribution >= 0.6 is 0 Å². The molecule has 0 fully saturated rings. The van der Waals surface area contributed by atoms with Crippen molar-refractivity contribution in [1.82, 2.24) is 20.3 Å². The molecule has 1 aromatic carbocycles. The third-order valence-corrected chi connectivity index (χ3v) is 4.38. The van der Waals surface area contributed by atoms with Crippen molar-refractivity contribution < 1.29 is 13.9 Å². The summed E-state index contributed by atoms with van der Waals surface area (Å²) in [6.45, 7) is 1.91. The van der Waals surface area contributed by atoms with Crippen LogP contribution < -0.4 is 15.4 Å². The highest BCUT2D eigenvalue weighted by atomic mass is 19.1. The molecule has 3 aromatic rings. The number of ether oxygens (including phenoxy) is 1. The molecular formula is C21H22FN5O2. The van der Waals surface area contributed by atoms with Crippen LogP contribution in [0.3, 0.4) is 0 Å². The van der Waals surface area contributed by atoms with Gasteiger partial charge in [-0.05, 0) is 55.2 Å². The molecule has 0 saturated heterocycles. The molecule has 8 heteroatoms.